The van der Waals surface area contributed by atoms with Crippen LogP contribution in [0, 0.1) is 0 Å². The Morgan fingerprint density at radius 1 is 1.33 bits per heavy atom. The Morgan fingerprint density at radius 2 is 1.89 bits per heavy atom. The van der Waals surface area contributed by atoms with E-state index in [1.807, 2.05) is 5.32 Å². The number of alkyl halides is 3. The molecule has 2 amide bonds. The van der Waals surface area contributed by atoms with Crippen LogP contribution in [0.2, 0.25) is 0 Å². The predicted molar refractivity (Wildman–Crippen MR) is 57.8 cm³/mol. The Hall–Kier alpha value is -1.77. The zero-order chi connectivity index (χ0) is 14.1. The van der Waals surface area contributed by atoms with E-state index in [0.717, 1.165) is 12.3 Å². The second kappa shape index (κ2) is 4.48. The lowest BCUT2D eigenvalue weighted by atomic mass is 10.2. The third-order valence-electron chi connectivity index (χ3n) is 1.97. The second-order valence-corrected chi connectivity index (χ2v) is 5.45. The van der Waals surface area contributed by atoms with Gasteiger partial charge >= 0.3 is 12.2 Å². The van der Waals surface area contributed by atoms with E-state index in [0.29, 0.717) is 12.1 Å². The Bertz CT molecular complexity index is 581. The lowest BCUT2D eigenvalue weighted by Crippen LogP contribution is -2.21. The van der Waals surface area contributed by atoms with Crippen molar-refractivity contribution in [3.05, 3.63) is 23.8 Å². The molecule has 0 aliphatic carbocycles. The van der Waals surface area contributed by atoms with Crippen LogP contribution in [-0.2, 0) is 16.0 Å². The molecule has 1 aromatic carbocycles. The van der Waals surface area contributed by atoms with Crippen LogP contribution in [0.15, 0.2) is 23.1 Å². The number of sulfone groups is 1. The number of primary amides is 1. The first kappa shape index (κ1) is 14.3. The molecule has 0 spiro atoms. The maximum absolute atomic E-state index is 12.4. The van der Waals surface area contributed by atoms with Crippen molar-refractivity contribution in [3.8, 4) is 0 Å². The highest BCUT2D eigenvalue weighted by atomic mass is 32.2. The van der Waals surface area contributed by atoms with E-state index in [2.05, 4.69) is 0 Å². The van der Waals surface area contributed by atoms with Gasteiger partial charge < -0.3 is 11.1 Å². The fraction of sp³-hybridized carbons (Fsp3) is 0.222. The largest absolute Gasteiger partial charge is 0.416 e. The number of benzene rings is 1. The highest BCUT2D eigenvalue weighted by molar-refractivity contribution is 7.90. The molecule has 3 N–H and O–H groups in total. The average molecular weight is 282 g/mol. The Balaban J connectivity index is 3.44. The van der Waals surface area contributed by atoms with Gasteiger partial charge in [0.25, 0.3) is 0 Å². The zero-order valence-electron chi connectivity index (χ0n) is 9.08. The summed E-state index contributed by atoms with van der Waals surface area (Å²) in [5.41, 5.74) is 3.37. The molecule has 9 heteroatoms. The van der Waals surface area contributed by atoms with E-state index in [-0.39, 0.29) is 5.69 Å². The van der Waals surface area contributed by atoms with Gasteiger partial charge in [-0.05, 0) is 18.2 Å². The zero-order valence-corrected chi connectivity index (χ0v) is 9.89. The minimum Gasteiger partial charge on any atom is -0.351 e. The topological polar surface area (TPSA) is 89.3 Å². The smallest absolute Gasteiger partial charge is 0.351 e. The first-order chi connectivity index (χ1) is 8.01. The number of hydrogen-bond donors (Lipinski definition) is 2. The van der Waals surface area contributed by atoms with E-state index >= 15 is 0 Å². The average Bonchev–Trinajstić information content (AvgIpc) is 2.13. The number of carbonyl (C=O) groups is 1. The monoisotopic (exact) mass is 282 g/mol. The van der Waals surface area contributed by atoms with Crippen molar-refractivity contribution in [3.63, 3.8) is 0 Å². The predicted octanol–water partition coefficient (Wildman–Crippen LogP) is 1.60. The van der Waals surface area contributed by atoms with Crippen LogP contribution in [0.3, 0.4) is 0 Å². The summed E-state index contributed by atoms with van der Waals surface area (Å²) >= 11 is 0. The molecular formula is C9H9F3N2O3S. The number of rotatable bonds is 2. The molecule has 0 radical (unpaired) electrons. The summed E-state index contributed by atoms with van der Waals surface area (Å²) in [5.74, 6) is 0. The van der Waals surface area contributed by atoms with E-state index in [1.165, 1.54) is 0 Å². The minimum atomic E-state index is -4.68. The molecule has 100 valence electrons. The molecule has 5 nitrogen and oxygen atoms in total. The van der Waals surface area contributed by atoms with Gasteiger partial charge in [-0.3, -0.25) is 0 Å². The SMILES string of the molecule is CS(=O)(=O)c1cc(C(F)(F)F)ccc1NC(N)=O. The molecule has 0 aliphatic heterocycles. The summed E-state index contributed by atoms with van der Waals surface area (Å²) in [4.78, 5) is 9.98. The number of hydrogen-bond acceptors (Lipinski definition) is 3. The van der Waals surface area contributed by atoms with E-state index in [1.54, 1.807) is 0 Å². The minimum absolute atomic E-state index is 0.294. The summed E-state index contributed by atoms with van der Waals surface area (Å²) in [6, 6.07) is 0.865. The molecule has 0 bridgehead atoms. The number of anilines is 1. The lowest BCUT2D eigenvalue weighted by Gasteiger charge is -2.12. The van der Waals surface area contributed by atoms with Gasteiger partial charge in [0.05, 0.1) is 16.1 Å². The summed E-state index contributed by atoms with van der Waals surface area (Å²) in [5, 5.41) is 1.95. The highest BCUT2D eigenvalue weighted by Crippen LogP contribution is 2.33. The molecule has 0 aliphatic rings. The van der Waals surface area contributed by atoms with Crippen LogP contribution < -0.4 is 11.1 Å². The van der Waals surface area contributed by atoms with Crippen LogP contribution in [0.4, 0.5) is 23.7 Å². The molecule has 0 heterocycles. The molecule has 1 aromatic rings. The van der Waals surface area contributed by atoms with Crippen molar-refractivity contribution < 1.29 is 26.4 Å². The first-order valence-electron chi connectivity index (χ1n) is 4.49. The normalized spacial score (nSPS) is 12.2. The number of carbonyl (C=O) groups excluding carboxylic acids is 1. The van der Waals surface area contributed by atoms with Gasteiger partial charge in [-0.15, -0.1) is 0 Å². The Morgan fingerprint density at radius 3 is 2.28 bits per heavy atom. The summed E-state index contributed by atoms with van der Waals surface area (Å²) < 4.78 is 60.0. The van der Waals surface area contributed by atoms with Crippen molar-refractivity contribution in [2.24, 2.45) is 5.73 Å². The number of halogens is 3. The van der Waals surface area contributed by atoms with Crippen molar-refractivity contribution in [1.29, 1.82) is 0 Å². The molecule has 0 atom stereocenters. The van der Waals surface area contributed by atoms with Crippen molar-refractivity contribution >= 4 is 21.6 Å². The lowest BCUT2D eigenvalue weighted by molar-refractivity contribution is -0.137. The van der Waals surface area contributed by atoms with Gasteiger partial charge in [0.15, 0.2) is 9.84 Å². The first-order valence-corrected chi connectivity index (χ1v) is 6.38. The van der Waals surface area contributed by atoms with Crippen LogP contribution in [0.25, 0.3) is 0 Å². The van der Waals surface area contributed by atoms with Crippen molar-refractivity contribution in [1.82, 2.24) is 0 Å². The van der Waals surface area contributed by atoms with Gasteiger partial charge in [0, 0.05) is 6.26 Å². The van der Waals surface area contributed by atoms with E-state index in [4.69, 9.17) is 5.73 Å². The Kier molecular flexibility index (Phi) is 3.56. The highest BCUT2D eigenvalue weighted by Gasteiger charge is 2.32. The number of amides is 2. The van der Waals surface area contributed by atoms with Crippen molar-refractivity contribution in [2.45, 2.75) is 11.1 Å². The van der Waals surface area contributed by atoms with E-state index < -0.39 is 32.5 Å². The molecule has 0 aromatic heterocycles. The number of nitrogens with one attached hydrogen (secondary N) is 1. The maximum Gasteiger partial charge on any atom is 0.416 e. The molecule has 0 fully saturated rings. The Labute approximate surface area is 101 Å². The van der Waals surface area contributed by atoms with Crippen LogP contribution in [-0.4, -0.2) is 20.7 Å². The van der Waals surface area contributed by atoms with Crippen LogP contribution >= 0.6 is 0 Å². The van der Waals surface area contributed by atoms with Crippen molar-refractivity contribution in [2.75, 3.05) is 11.6 Å². The standard InChI is InChI=1S/C9H9F3N2O3S/c1-18(16,17)7-4-5(9(10,11)12)2-3-6(7)14-8(13)15/h2-4H,1H3,(H3,13,14,15). The van der Waals surface area contributed by atoms with Gasteiger partial charge in [-0.1, -0.05) is 0 Å². The molecule has 0 saturated carbocycles. The second-order valence-electron chi connectivity index (χ2n) is 3.47. The van der Waals surface area contributed by atoms with Gasteiger partial charge in [-0.2, -0.15) is 13.2 Å². The number of nitrogens with two attached hydrogens (primary N) is 1. The van der Waals surface area contributed by atoms with Crippen LogP contribution in [0.5, 0.6) is 0 Å². The van der Waals surface area contributed by atoms with E-state index in [9.17, 15) is 26.4 Å². The molecular weight excluding hydrogens is 273 g/mol. The third kappa shape index (κ3) is 3.36. The molecule has 0 saturated heterocycles. The van der Waals surface area contributed by atoms with Gasteiger partial charge in [0.1, 0.15) is 0 Å². The quantitative estimate of drug-likeness (QED) is 0.863. The summed E-state index contributed by atoms with van der Waals surface area (Å²) in [6.07, 6.45) is -3.95. The van der Waals surface area contributed by atoms with Gasteiger partial charge in [0.2, 0.25) is 0 Å². The molecule has 18 heavy (non-hydrogen) atoms. The fourth-order valence-corrected chi connectivity index (χ4v) is 2.10. The van der Waals surface area contributed by atoms with Crippen LogP contribution in [0.1, 0.15) is 5.56 Å². The number of urea groups is 1. The molecule has 1 rings (SSSR count). The summed E-state index contributed by atoms with van der Waals surface area (Å²) in [6.45, 7) is 0. The third-order valence-corrected chi connectivity index (χ3v) is 3.10. The van der Waals surface area contributed by atoms with Gasteiger partial charge in [-0.25, -0.2) is 13.2 Å². The molecule has 0 unspecified atom stereocenters. The fourth-order valence-electron chi connectivity index (χ4n) is 1.24. The maximum atomic E-state index is 12.4. The summed E-state index contributed by atoms with van der Waals surface area (Å²) in [7, 11) is -3.93.